The molecule has 6 heteroatoms. The molecule has 1 rings (SSSR count). The SMILES string of the molecule is COC(=O)c1ccccc1NC(=O)NCCC(C)=O. The summed E-state index contributed by atoms with van der Waals surface area (Å²) < 4.78 is 4.62. The van der Waals surface area contributed by atoms with E-state index >= 15 is 0 Å². The van der Waals surface area contributed by atoms with Crippen molar-refractivity contribution in [2.75, 3.05) is 19.0 Å². The summed E-state index contributed by atoms with van der Waals surface area (Å²) in [7, 11) is 1.27. The molecule has 0 radical (unpaired) electrons. The number of urea groups is 1. The zero-order chi connectivity index (χ0) is 14.3. The Balaban J connectivity index is 2.64. The van der Waals surface area contributed by atoms with Crippen LogP contribution in [-0.4, -0.2) is 31.4 Å². The van der Waals surface area contributed by atoms with Crippen LogP contribution in [0.3, 0.4) is 0 Å². The van der Waals surface area contributed by atoms with Gasteiger partial charge in [0.05, 0.1) is 18.4 Å². The summed E-state index contributed by atoms with van der Waals surface area (Å²) in [6.45, 7) is 1.70. The number of nitrogens with one attached hydrogen (secondary N) is 2. The summed E-state index contributed by atoms with van der Waals surface area (Å²) in [6, 6.07) is 6.04. The lowest BCUT2D eigenvalue weighted by molar-refractivity contribution is -0.116. The average molecular weight is 264 g/mol. The molecule has 1 aromatic rings. The Morgan fingerprint density at radius 2 is 1.89 bits per heavy atom. The van der Waals surface area contributed by atoms with Gasteiger partial charge in [-0.05, 0) is 19.1 Å². The fourth-order valence-electron chi connectivity index (χ4n) is 1.40. The van der Waals surface area contributed by atoms with Crippen LogP contribution in [0.25, 0.3) is 0 Å². The summed E-state index contributed by atoms with van der Waals surface area (Å²) in [4.78, 5) is 33.8. The first-order valence-corrected chi connectivity index (χ1v) is 5.76. The van der Waals surface area contributed by atoms with E-state index in [-0.39, 0.29) is 24.3 Å². The number of ketones is 1. The third-order valence-corrected chi connectivity index (χ3v) is 2.34. The molecule has 0 fully saturated rings. The number of benzene rings is 1. The summed E-state index contributed by atoms with van der Waals surface area (Å²) in [5, 5.41) is 5.06. The molecule has 0 saturated carbocycles. The number of rotatable bonds is 5. The normalized spacial score (nSPS) is 9.58. The molecule has 0 atom stereocenters. The Bertz CT molecular complexity index is 485. The highest BCUT2D eigenvalue weighted by Crippen LogP contribution is 2.15. The predicted octanol–water partition coefficient (Wildman–Crippen LogP) is 1.57. The molecule has 0 unspecified atom stereocenters. The Morgan fingerprint density at radius 3 is 2.53 bits per heavy atom. The van der Waals surface area contributed by atoms with Crippen molar-refractivity contribution >= 4 is 23.5 Å². The van der Waals surface area contributed by atoms with Crippen LogP contribution in [0.2, 0.25) is 0 Å². The number of Topliss-reactive ketones (excluding diaryl/α,β-unsaturated/α-hetero) is 1. The average Bonchev–Trinajstić information content (AvgIpc) is 2.38. The van der Waals surface area contributed by atoms with Crippen LogP contribution in [0, 0.1) is 0 Å². The molecule has 2 amide bonds. The molecule has 1 aromatic carbocycles. The predicted molar refractivity (Wildman–Crippen MR) is 70.1 cm³/mol. The Kier molecular flexibility index (Phi) is 5.53. The first-order valence-electron chi connectivity index (χ1n) is 5.76. The molecule has 19 heavy (non-hydrogen) atoms. The molecular weight excluding hydrogens is 248 g/mol. The highest BCUT2D eigenvalue weighted by atomic mass is 16.5. The number of carbonyl (C=O) groups excluding carboxylic acids is 3. The number of hydrogen-bond donors (Lipinski definition) is 2. The fourth-order valence-corrected chi connectivity index (χ4v) is 1.40. The van der Waals surface area contributed by atoms with Crippen LogP contribution in [0.4, 0.5) is 10.5 Å². The van der Waals surface area contributed by atoms with E-state index in [0.29, 0.717) is 5.69 Å². The molecule has 2 N–H and O–H groups in total. The topological polar surface area (TPSA) is 84.5 Å². The van der Waals surface area contributed by atoms with E-state index in [1.54, 1.807) is 24.3 Å². The van der Waals surface area contributed by atoms with Crippen molar-refractivity contribution in [1.29, 1.82) is 0 Å². The lowest BCUT2D eigenvalue weighted by Gasteiger charge is -2.10. The van der Waals surface area contributed by atoms with Crippen LogP contribution in [0.5, 0.6) is 0 Å². The second kappa shape index (κ2) is 7.15. The first-order chi connectivity index (χ1) is 9.04. The number of carbonyl (C=O) groups is 3. The van der Waals surface area contributed by atoms with E-state index in [9.17, 15) is 14.4 Å². The molecule has 0 heterocycles. The molecule has 6 nitrogen and oxygen atoms in total. The largest absolute Gasteiger partial charge is 0.465 e. The molecule has 0 aliphatic heterocycles. The van der Waals surface area contributed by atoms with E-state index in [1.165, 1.54) is 14.0 Å². The van der Waals surface area contributed by atoms with E-state index in [1.807, 2.05) is 0 Å². The maximum absolute atomic E-state index is 11.6. The zero-order valence-electron chi connectivity index (χ0n) is 10.9. The van der Waals surface area contributed by atoms with Crippen molar-refractivity contribution < 1.29 is 19.1 Å². The van der Waals surface area contributed by atoms with Crippen molar-refractivity contribution in [2.45, 2.75) is 13.3 Å². The smallest absolute Gasteiger partial charge is 0.339 e. The van der Waals surface area contributed by atoms with Crippen LogP contribution < -0.4 is 10.6 Å². The summed E-state index contributed by atoms with van der Waals surface area (Å²) >= 11 is 0. The Morgan fingerprint density at radius 1 is 1.21 bits per heavy atom. The van der Waals surface area contributed by atoms with Gasteiger partial charge in [-0.25, -0.2) is 9.59 Å². The van der Waals surface area contributed by atoms with E-state index in [2.05, 4.69) is 15.4 Å². The minimum atomic E-state index is -0.528. The van der Waals surface area contributed by atoms with Gasteiger partial charge >= 0.3 is 12.0 Å². The van der Waals surface area contributed by atoms with Gasteiger partial charge in [0, 0.05) is 13.0 Å². The molecule has 0 aliphatic carbocycles. The molecule has 0 aromatic heterocycles. The van der Waals surface area contributed by atoms with Gasteiger partial charge in [0.1, 0.15) is 5.78 Å². The van der Waals surface area contributed by atoms with Crippen molar-refractivity contribution in [3.63, 3.8) is 0 Å². The van der Waals surface area contributed by atoms with Gasteiger partial charge in [-0.15, -0.1) is 0 Å². The minimum absolute atomic E-state index is 0.00439. The van der Waals surface area contributed by atoms with Crippen LogP contribution in [0.1, 0.15) is 23.7 Å². The second-order valence-corrected chi connectivity index (χ2v) is 3.87. The zero-order valence-corrected chi connectivity index (χ0v) is 10.9. The summed E-state index contributed by atoms with van der Waals surface area (Å²) in [6.07, 6.45) is 0.270. The number of amides is 2. The molecule has 0 saturated heterocycles. The van der Waals surface area contributed by atoms with E-state index in [4.69, 9.17) is 0 Å². The molecule has 0 bridgehead atoms. The highest BCUT2D eigenvalue weighted by Gasteiger charge is 2.12. The quantitative estimate of drug-likeness (QED) is 0.791. The second-order valence-electron chi connectivity index (χ2n) is 3.87. The van der Waals surface area contributed by atoms with Gasteiger partial charge in [-0.2, -0.15) is 0 Å². The first kappa shape index (κ1) is 14.7. The highest BCUT2D eigenvalue weighted by molar-refractivity contribution is 6.00. The number of ether oxygens (including phenoxy) is 1. The summed E-state index contributed by atoms with van der Waals surface area (Å²) in [5.74, 6) is -0.533. The number of methoxy groups -OCH3 is 1. The molecule has 0 spiro atoms. The Labute approximate surface area is 111 Å². The van der Waals surface area contributed by atoms with Gasteiger partial charge in [-0.3, -0.25) is 4.79 Å². The van der Waals surface area contributed by atoms with Gasteiger partial charge < -0.3 is 15.4 Å². The number of para-hydroxylation sites is 1. The van der Waals surface area contributed by atoms with Gasteiger partial charge in [0.15, 0.2) is 0 Å². The van der Waals surface area contributed by atoms with Gasteiger partial charge in [-0.1, -0.05) is 12.1 Å². The van der Waals surface area contributed by atoms with Gasteiger partial charge in [0.25, 0.3) is 0 Å². The van der Waals surface area contributed by atoms with Crippen molar-refractivity contribution in [3.05, 3.63) is 29.8 Å². The lowest BCUT2D eigenvalue weighted by Crippen LogP contribution is -2.31. The maximum atomic E-state index is 11.6. The third-order valence-electron chi connectivity index (χ3n) is 2.34. The Hall–Kier alpha value is -2.37. The van der Waals surface area contributed by atoms with Crippen LogP contribution in [0.15, 0.2) is 24.3 Å². The molecule has 0 aliphatic rings. The van der Waals surface area contributed by atoms with Crippen LogP contribution in [-0.2, 0) is 9.53 Å². The maximum Gasteiger partial charge on any atom is 0.339 e. The lowest BCUT2D eigenvalue weighted by atomic mass is 10.2. The number of esters is 1. The number of anilines is 1. The number of hydrogen-bond acceptors (Lipinski definition) is 4. The minimum Gasteiger partial charge on any atom is -0.465 e. The third kappa shape index (κ3) is 4.79. The van der Waals surface area contributed by atoms with Crippen LogP contribution >= 0.6 is 0 Å². The summed E-state index contributed by atoms with van der Waals surface area (Å²) in [5.41, 5.74) is 0.626. The fraction of sp³-hybridized carbons (Fsp3) is 0.308. The monoisotopic (exact) mass is 264 g/mol. The van der Waals surface area contributed by atoms with Crippen molar-refractivity contribution in [2.24, 2.45) is 0 Å². The molecule has 102 valence electrons. The molecular formula is C13H16N2O4. The van der Waals surface area contributed by atoms with E-state index < -0.39 is 12.0 Å². The van der Waals surface area contributed by atoms with E-state index in [0.717, 1.165) is 0 Å². The van der Waals surface area contributed by atoms with Crippen molar-refractivity contribution in [1.82, 2.24) is 5.32 Å². The van der Waals surface area contributed by atoms with Gasteiger partial charge in [0.2, 0.25) is 0 Å². The standard InChI is InChI=1S/C13H16N2O4/c1-9(16)7-8-14-13(18)15-11-6-4-3-5-10(11)12(17)19-2/h3-6H,7-8H2,1-2H3,(H2,14,15,18). The van der Waals surface area contributed by atoms with Crippen molar-refractivity contribution in [3.8, 4) is 0 Å².